The largest absolute Gasteiger partial charge is 0.396 e. The number of carbonyl (C=O) groups is 1. The van der Waals surface area contributed by atoms with Crippen LogP contribution in [-0.2, 0) is 6.54 Å². The van der Waals surface area contributed by atoms with Crippen molar-refractivity contribution < 1.29 is 18.7 Å². The minimum Gasteiger partial charge on any atom is -0.396 e. The van der Waals surface area contributed by atoms with Crippen LogP contribution in [0, 0.1) is 17.6 Å². The van der Waals surface area contributed by atoms with E-state index in [1.807, 2.05) is 11.0 Å². The summed E-state index contributed by atoms with van der Waals surface area (Å²) in [6.07, 6.45) is 0. The lowest BCUT2D eigenvalue weighted by Gasteiger charge is -2.18. The highest BCUT2D eigenvalue weighted by molar-refractivity contribution is 5.94. The molecular weight excluding hydrogens is 326 g/mol. The van der Waals surface area contributed by atoms with Gasteiger partial charge in [-0.2, -0.15) is 0 Å². The monoisotopic (exact) mass is 346 g/mol. The Hall–Kier alpha value is -2.31. The molecule has 2 N–H and O–H groups in total. The van der Waals surface area contributed by atoms with Gasteiger partial charge in [-0.15, -0.1) is 0 Å². The molecule has 0 radical (unpaired) electrons. The van der Waals surface area contributed by atoms with Crippen LogP contribution in [0.4, 0.5) is 8.78 Å². The van der Waals surface area contributed by atoms with Gasteiger partial charge in [0.05, 0.1) is 0 Å². The first-order chi connectivity index (χ1) is 12.1. The van der Waals surface area contributed by atoms with Gasteiger partial charge in [0.25, 0.3) is 5.91 Å². The number of nitrogens with one attached hydrogen (secondary N) is 1. The van der Waals surface area contributed by atoms with Gasteiger partial charge in [-0.3, -0.25) is 9.69 Å². The smallest absolute Gasteiger partial charge is 0.251 e. The quantitative estimate of drug-likeness (QED) is 0.873. The fourth-order valence-electron chi connectivity index (χ4n) is 3.19. The molecule has 2 aromatic rings. The van der Waals surface area contributed by atoms with Crippen molar-refractivity contribution in [2.45, 2.75) is 12.6 Å². The summed E-state index contributed by atoms with van der Waals surface area (Å²) in [5.74, 6) is -2.07. The number of carbonyl (C=O) groups excluding carboxylic acids is 1. The summed E-state index contributed by atoms with van der Waals surface area (Å²) in [6, 6.07) is 12.7. The van der Waals surface area contributed by atoms with E-state index in [0.29, 0.717) is 18.7 Å². The Balaban J connectivity index is 1.66. The molecule has 6 heteroatoms. The van der Waals surface area contributed by atoms with Gasteiger partial charge in [0, 0.05) is 49.3 Å². The maximum atomic E-state index is 13.8. The number of hydrogen-bond acceptors (Lipinski definition) is 3. The van der Waals surface area contributed by atoms with E-state index >= 15 is 0 Å². The zero-order chi connectivity index (χ0) is 17.8. The first-order valence-corrected chi connectivity index (χ1v) is 8.20. The highest BCUT2D eigenvalue weighted by Crippen LogP contribution is 2.21. The summed E-state index contributed by atoms with van der Waals surface area (Å²) in [4.78, 5) is 14.2. The van der Waals surface area contributed by atoms with Gasteiger partial charge < -0.3 is 10.4 Å². The third-order valence-corrected chi connectivity index (χ3v) is 4.53. The molecule has 0 spiro atoms. The molecule has 1 aliphatic heterocycles. The number of benzene rings is 2. The molecule has 0 bridgehead atoms. The second-order valence-corrected chi connectivity index (χ2v) is 6.30. The van der Waals surface area contributed by atoms with E-state index in [4.69, 9.17) is 0 Å². The minimum atomic E-state index is -0.871. The summed E-state index contributed by atoms with van der Waals surface area (Å²) in [6.45, 7) is 1.13. The topological polar surface area (TPSA) is 52.6 Å². The van der Waals surface area contributed by atoms with Crippen LogP contribution in [0.5, 0.6) is 0 Å². The molecule has 4 nitrogen and oxygen atoms in total. The van der Waals surface area contributed by atoms with E-state index in [9.17, 15) is 18.7 Å². The third-order valence-electron chi connectivity index (χ3n) is 4.53. The Labute approximate surface area is 145 Å². The number of nitrogens with zero attached hydrogens (tertiary/aromatic N) is 1. The third kappa shape index (κ3) is 4.03. The maximum absolute atomic E-state index is 13.8. The van der Waals surface area contributed by atoms with Crippen molar-refractivity contribution in [3.63, 3.8) is 0 Å². The molecule has 1 aliphatic rings. The molecule has 0 aromatic heterocycles. The zero-order valence-corrected chi connectivity index (χ0v) is 13.7. The zero-order valence-electron chi connectivity index (χ0n) is 13.7. The van der Waals surface area contributed by atoms with Gasteiger partial charge in [0.15, 0.2) is 11.6 Å². The molecule has 0 aliphatic carbocycles. The van der Waals surface area contributed by atoms with Crippen molar-refractivity contribution >= 4 is 5.91 Å². The second kappa shape index (κ2) is 7.72. The number of aliphatic hydroxyl groups is 1. The van der Waals surface area contributed by atoms with Crippen molar-refractivity contribution in [1.29, 1.82) is 0 Å². The van der Waals surface area contributed by atoms with Crippen LogP contribution >= 0.6 is 0 Å². The number of halogens is 2. The van der Waals surface area contributed by atoms with Crippen LogP contribution in [0.15, 0.2) is 48.5 Å². The summed E-state index contributed by atoms with van der Waals surface area (Å²) in [7, 11) is 0. The van der Waals surface area contributed by atoms with Crippen molar-refractivity contribution in [3.8, 4) is 0 Å². The normalized spacial score (nSPS) is 20.6. The molecule has 1 amide bonds. The number of aliphatic hydroxyl groups excluding tert-OH is 1. The first kappa shape index (κ1) is 17.5. The number of likely N-dealkylation sites (tertiary alicyclic amines) is 1. The lowest BCUT2D eigenvalue weighted by Crippen LogP contribution is -2.41. The minimum absolute atomic E-state index is 0.0815. The van der Waals surface area contributed by atoms with Crippen LogP contribution in [0.2, 0.25) is 0 Å². The summed E-state index contributed by atoms with van der Waals surface area (Å²) >= 11 is 0. The maximum Gasteiger partial charge on any atom is 0.251 e. The fourth-order valence-corrected chi connectivity index (χ4v) is 3.19. The van der Waals surface area contributed by atoms with Crippen LogP contribution in [-0.4, -0.2) is 41.7 Å². The summed E-state index contributed by atoms with van der Waals surface area (Å²) in [5, 5.41) is 12.5. The van der Waals surface area contributed by atoms with Crippen molar-refractivity contribution in [1.82, 2.24) is 10.2 Å². The van der Waals surface area contributed by atoms with E-state index in [-0.39, 0.29) is 36.6 Å². The molecule has 25 heavy (non-hydrogen) atoms. The Kier molecular flexibility index (Phi) is 5.40. The Morgan fingerprint density at radius 2 is 1.88 bits per heavy atom. The molecule has 2 aromatic carbocycles. The first-order valence-electron chi connectivity index (χ1n) is 8.20. The van der Waals surface area contributed by atoms with Gasteiger partial charge >= 0.3 is 0 Å². The lowest BCUT2D eigenvalue weighted by molar-refractivity contribution is 0.0921. The van der Waals surface area contributed by atoms with E-state index in [2.05, 4.69) is 5.32 Å². The fraction of sp³-hybridized carbons (Fsp3) is 0.316. The van der Waals surface area contributed by atoms with E-state index in [1.165, 1.54) is 6.07 Å². The van der Waals surface area contributed by atoms with Gasteiger partial charge in [0.2, 0.25) is 0 Å². The van der Waals surface area contributed by atoms with Crippen LogP contribution in [0.1, 0.15) is 15.9 Å². The summed E-state index contributed by atoms with van der Waals surface area (Å²) in [5.41, 5.74) is 0.820. The molecule has 1 heterocycles. The highest BCUT2D eigenvalue weighted by atomic mass is 19.2. The highest BCUT2D eigenvalue weighted by Gasteiger charge is 2.33. The number of rotatable bonds is 5. The molecule has 2 atom stereocenters. The van der Waals surface area contributed by atoms with Gasteiger partial charge in [0.1, 0.15) is 0 Å². The van der Waals surface area contributed by atoms with Gasteiger partial charge in [-0.25, -0.2) is 8.78 Å². The standard InChI is InChI=1S/C19H20F2N2O2/c20-16-8-4-7-14(18(16)21)9-23-10-15(12-24)17(11-23)22-19(25)13-5-2-1-3-6-13/h1-8,15,17,24H,9-12H2,(H,22,25)/t15-,17+/m0/s1. The van der Waals surface area contributed by atoms with Crippen molar-refractivity contribution in [2.75, 3.05) is 19.7 Å². The van der Waals surface area contributed by atoms with Gasteiger partial charge in [-0.1, -0.05) is 30.3 Å². The van der Waals surface area contributed by atoms with Gasteiger partial charge in [-0.05, 0) is 18.2 Å². The average molecular weight is 346 g/mol. The predicted molar refractivity (Wildman–Crippen MR) is 89.9 cm³/mol. The van der Waals surface area contributed by atoms with E-state index in [1.54, 1.807) is 30.3 Å². The van der Waals surface area contributed by atoms with Crippen LogP contribution < -0.4 is 5.32 Å². The molecule has 132 valence electrons. The molecule has 1 saturated heterocycles. The Morgan fingerprint density at radius 3 is 2.60 bits per heavy atom. The van der Waals surface area contributed by atoms with Crippen molar-refractivity contribution in [3.05, 3.63) is 71.3 Å². The van der Waals surface area contributed by atoms with Crippen molar-refractivity contribution in [2.24, 2.45) is 5.92 Å². The lowest BCUT2D eigenvalue weighted by atomic mass is 10.0. The molecule has 0 saturated carbocycles. The molecule has 3 rings (SSSR count). The van der Waals surface area contributed by atoms with E-state index < -0.39 is 11.6 Å². The molecule has 0 unspecified atom stereocenters. The van der Waals surface area contributed by atoms with E-state index in [0.717, 1.165) is 6.07 Å². The predicted octanol–water partition coefficient (Wildman–Crippen LogP) is 2.19. The second-order valence-electron chi connectivity index (χ2n) is 6.30. The average Bonchev–Trinajstić information content (AvgIpc) is 3.01. The summed E-state index contributed by atoms with van der Waals surface area (Å²) < 4.78 is 27.2. The molecule has 1 fully saturated rings. The van der Waals surface area contributed by atoms with Crippen LogP contribution in [0.3, 0.4) is 0 Å². The number of hydrogen-bond donors (Lipinski definition) is 2. The molecular formula is C19H20F2N2O2. The number of amides is 1. The SMILES string of the molecule is O=C(N[C@@H]1CN(Cc2cccc(F)c2F)C[C@H]1CO)c1ccccc1. The van der Waals surface area contributed by atoms with Crippen LogP contribution in [0.25, 0.3) is 0 Å². The Morgan fingerprint density at radius 1 is 1.12 bits per heavy atom. The Bertz CT molecular complexity index is 739.